The van der Waals surface area contributed by atoms with Crippen LogP contribution >= 0.6 is 12.2 Å². The van der Waals surface area contributed by atoms with E-state index in [2.05, 4.69) is 16.5 Å². The Hall–Kier alpha value is -1.49. The molecule has 2 atom stereocenters. The Balaban J connectivity index is 2.22. The number of hydrogen-bond acceptors (Lipinski definition) is 3. The van der Waals surface area contributed by atoms with E-state index in [-0.39, 0.29) is 0 Å². The molecule has 1 N–H and O–H groups in total. The monoisotopic (exact) mass is 292 g/mol. The van der Waals surface area contributed by atoms with E-state index in [1.54, 1.807) is 14.2 Å². The first-order chi connectivity index (χ1) is 9.65. The maximum absolute atomic E-state index is 5.53. The van der Waals surface area contributed by atoms with Crippen molar-refractivity contribution in [3.8, 4) is 11.5 Å². The highest BCUT2D eigenvalue weighted by atomic mass is 32.1. The number of fused-ring (bicyclic) bond motifs is 1. The number of nitrogens with zero attached hydrogens (tertiary/aromatic N) is 1. The van der Waals surface area contributed by atoms with Crippen molar-refractivity contribution in [2.75, 3.05) is 14.2 Å². The first kappa shape index (κ1) is 13.5. The second-order valence-electron chi connectivity index (χ2n) is 5.50. The maximum Gasteiger partial charge on any atom is 0.178 e. The molecule has 1 heterocycles. The van der Waals surface area contributed by atoms with Crippen LogP contribution in [0.3, 0.4) is 0 Å². The number of H-pyrrole nitrogens is 1. The zero-order valence-electron chi connectivity index (χ0n) is 12.1. The number of hydrogen-bond donors (Lipinski definition) is 1. The van der Waals surface area contributed by atoms with Crippen LogP contribution in [0.4, 0.5) is 0 Å². The molecule has 1 fully saturated rings. The smallest absolute Gasteiger partial charge is 0.178 e. The highest BCUT2D eigenvalue weighted by molar-refractivity contribution is 7.71. The summed E-state index contributed by atoms with van der Waals surface area (Å²) >= 11 is 5.53. The van der Waals surface area contributed by atoms with Crippen molar-refractivity contribution in [2.24, 2.45) is 5.92 Å². The summed E-state index contributed by atoms with van der Waals surface area (Å²) in [6, 6.07) is 4.46. The molecule has 1 aromatic heterocycles. The molecule has 0 saturated heterocycles. The standard InChI is InChI=1S/C15H20N2O2S/c1-9-5-4-6-11(9)17-12-8-14(19-3)13(18-2)7-10(12)16-15(17)20/h7-9,11H,4-6H2,1-3H3,(H,16,20). The topological polar surface area (TPSA) is 39.2 Å². The molecule has 4 nitrogen and oxygen atoms in total. The fourth-order valence-corrected chi connectivity index (χ4v) is 3.63. The predicted octanol–water partition coefficient (Wildman–Crippen LogP) is 4.08. The SMILES string of the molecule is COc1cc2[nH]c(=S)n(C3CCCC3C)c2cc1OC. The normalized spacial score (nSPS) is 22.4. The van der Waals surface area contributed by atoms with Crippen LogP contribution in [-0.4, -0.2) is 23.8 Å². The number of benzene rings is 1. The molecule has 1 aromatic carbocycles. The zero-order chi connectivity index (χ0) is 14.3. The van der Waals surface area contributed by atoms with Gasteiger partial charge in [-0.05, 0) is 31.0 Å². The minimum absolute atomic E-state index is 0.481. The Morgan fingerprint density at radius 2 is 1.90 bits per heavy atom. The summed E-state index contributed by atoms with van der Waals surface area (Å²) in [5.74, 6) is 2.13. The highest BCUT2D eigenvalue weighted by Crippen LogP contribution is 2.39. The summed E-state index contributed by atoms with van der Waals surface area (Å²) in [5.41, 5.74) is 2.11. The minimum Gasteiger partial charge on any atom is -0.493 e. The minimum atomic E-state index is 0.481. The first-order valence-electron chi connectivity index (χ1n) is 7.02. The fraction of sp³-hybridized carbons (Fsp3) is 0.533. The van der Waals surface area contributed by atoms with E-state index >= 15 is 0 Å². The van der Waals surface area contributed by atoms with Gasteiger partial charge in [0, 0.05) is 18.2 Å². The molecule has 0 spiro atoms. The molecular weight excluding hydrogens is 272 g/mol. The highest BCUT2D eigenvalue weighted by Gasteiger charge is 2.27. The molecule has 108 valence electrons. The van der Waals surface area contributed by atoms with Gasteiger partial charge in [0.1, 0.15) is 0 Å². The van der Waals surface area contributed by atoms with Crippen LogP contribution in [0.2, 0.25) is 0 Å². The van der Waals surface area contributed by atoms with Gasteiger partial charge in [-0.15, -0.1) is 0 Å². The first-order valence-corrected chi connectivity index (χ1v) is 7.42. The van der Waals surface area contributed by atoms with Gasteiger partial charge in [-0.25, -0.2) is 0 Å². The van der Waals surface area contributed by atoms with Gasteiger partial charge >= 0.3 is 0 Å². The summed E-state index contributed by atoms with van der Waals surface area (Å²) in [4.78, 5) is 3.29. The second-order valence-corrected chi connectivity index (χ2v) is 5.89. The van der Waals surface area contributed by atoms with Crippen LogP contribution in [0.25, 0.3) is 11.0 Å². The lowest BCUT2D eigenvalue weighted by atomic mass is 10.1. The lowest BCUT2D eigenvalue weighted by Gasteiger charge is -2.18. The van der Waals surface area contributed by atoms with Gasteiger partial charge in [0.15, 0.2) is 16.3 Å². The van der Waals surface area contributed by atoms with Gasteiger partial charge < -0.3 is 19.0 Å². The Morgan fingerprint density at radius 3 is 2.50 bits per heavy atom. The maximum atomic E-state index is 5.53. The fourth-order valence-electron chi connectivity index (χ4n) is 3.29. The number of ether oxygens (including phenoxy) is 2. The quantitative estimate of drug-likeness (QED) is 0.866. The average molecular weight is 292 g/mol. The van der Waals surface area contributed by atoms with Crippen molar-refractivity contribution < 1.29 is 9.47 Å². The molecule has 3 rings (SSSR count). The van der Waals surface area contributed by atoms with Crippen molar-refractivity contribution in [1.29, 1.82) is 0 Å². The van der Waals surface area contributed by atoms with Gasteiger partial charge in [0.25, 0.3) is 0 Å². The number of aromatic nitrogens is 2. The number of imidazole rings is 1. The predicted molar refractivity (Wildman–Crippen MR) is 82.3 cm³/mol. The number of rotatable bonds is 3. The molecule has 0 bridgehead atoms. The summed E-state index contributed by atoms with van der Waals surface area (Å²) in [5, 5.41) is 0. The largest absolute Gasteiger partial charge is 0.493 e. The third kappa shape index (κ3) is 2.00. The molecule has 2 unspecified atom stereocenters. The lowest BCUT2D eigenvalue weighted by molar-refractivity contribution is 0.355. The molecule has 1 saturated carbocycles. The second kappa shape index (κ2) is 5.13. The molecule has 0 radical (unpaired) electrons. The van der Waals surface area contributed by atoms with Gasteiger partial charge in [-0.3, -0.25) is 0 Å². The van der Waals surface area contributed by atoms with Crippen LogP contribution in [0.5, 0.6) is 11.5 Å². The van der Waals surface area contributed by atoms with E-state index in [1.807, 2.05) is 12.1 Å². The van der Waals surface area contributed by atoms with E-state index in [0.29, 0.717) is 12.0 Å². The van der Waals surface area contributed by atoms with Crippen LogP contribution in [0, 0.1) is 10.7 Å². The molecule has 2 aromatic rings. The van der Waals surface area contributed by atoms with E-state index < -0.39 is 0 Å². The summed E-state index contributed by atoms with van der Waals surface area (Å²) in [6.07, 6.45) is 3.73. The average Bonchev–Trinajstić information content (AvgIpc) is 2.99. The van der Waals surface area contributed by atoms with Crippen LogP contribution in [0.1, 0.15) is 32.2 Å². The van der Waals surface area contributed by atoms with Crippen molar-refractivity contribution >= 4 is 23.3 Å². The zero-order valence-corrected chi connectivity index (χ0v) is 12.9. The van der Waals surface area contributed by atoms with Gasteiger partial charge in [0.05, 0.1) is 25.3 Å². The Morgan fingerprint density at radius 1 is 1.20 bits per heavy atom. The molecule has 1 aliphatic rings. The van der Waals surface area contributed by atoms with Crippen molar-refractivity contribution in [2.45, 2.75) is 32.2 Å². The molecule has 5 heteroatoms. The molecular formula is C15H20N2O2S. The van der Waals surface area contributed by atoms with E-state index in [0.717, 1.165) is 27.3 Å². The van der Waals surface area contributed by atoms with Crippen molar-refractivity contribution in [1.82, 2.24) is 9.55 Å². The molecule has 0 aliphatic heterocycles. The third-order valence-electron chi connectivity index (χ3n) is 4.37. The Kier molecular flexibility index (Phi) is 3.46. The number of aromatic amines is 1. The summed E-state index contributed by atoms with van der Waals surface area (Å²) < 4.78 is 13.8. The molecule has 0 amide bonds. The molecule has 20 heavy (non-hydrogen) atoms. The van der Waals surface area contributed by atoms with Gasteiger partial charge in [0.2, 0.25) is 0 Å². The van der Waals surface area contributed by atoms with E-state index in [1.165, 1.54) is 19.3 Å². The van der Waals surface area contributed by atoms with Crippen LogP contribution in [-0.2, 0) is 0 Å². The number of methoxy groups -OCH3 is 2. The van der Waals surface area contributed by atoms with Crippen molar-refractivity contribution in [3.05, 3.63) is 16.9 Å². The Bertz CT molecular complexity index is 689. The Labute approximate surface area is 123 Å². The van der Waals surface area contributed by atoms with E-state index in [4.69, 9.17) is 21.7 Å². The van der Waals surface area contributed by atoms with E-state index in [9.17, 15) is 0 Å². The number of nitrogens with one attached hydrogen (secondary N) is 1. The summed E-state index contributed by atoms with van der Waals surface area (Å²) in [7, 11) is 3.31. The molecule has 1 aliphatic carbocycles. The van der Waals surface area contributed by atoms with Crippen LogP contribution < -0.4 is 9.47 Å². The third-order valence-corrected chi connectivity index (χ3v) is 4.67. The van der Waals surface area contributed by atoms with Gasteiger partial charge in [-0.2, -0.15) is 0 Å². The van der Waals surface area contributed by atoms with Crippen LogP contribution in [0.15, 0.2) is 12.1 Å². The van der Waals surface area contributed by atoms with Crippen molar-refractivity contribution in [3.63, 3.8) is 0 Å². The lowest BCUT2D eigenvalue weighted by Crippen LogP contribution is -2.11. The van der Waals surface area contributed by atoms with Gasteiger partial charge in [-0.1, -0.05) is 13.3 Å². The summed E-state index contributed by atoms with van der Waals surface area (Å²) in [6.45, 7) is 2.30.